The molecule has 0 aliphatic heterocycles. The van der Waals surface area contributed by atoms with E-state index in [0.29, 0.717) is 11.6 Å². The molecular weight excluding hydrogens is 354 g/mol. The van der Waals surface area contributed by atoms with Crippen LogP contribution in [0.25, 0.3) is 22.8 Å². The molecule has 0 spiro atoms. The average Bonchev–Trinajstić information content (AvgIpc) is 3.36. The van der Waals surface area contributed by atoms with Gasteiger partial charge in [0, 0.05) is 11.5 Å². The number of aromatic nitrogens is 3. The molecule has 3 heterocycles. The molecule has 0 saturated carbocycles. The second kappa shape index (κ2) is 7.21. The van der Waals surface area contributed by atoms with Gasteiger partial charge in [-0.3, -0.25) is 4.79 Å². The zero-order valence-electron chi connectivity index (χ0n) is 15.0. The van der Waals surface area contributed by atoms with E-state index in [9.17, 15) is 10.1 Å². The molecule has 1 amide bonds. The maximum absolute atomic E-state index is 12.3. The Hall–Kier alpha value is -4.18. The minimum atomic E-state index is -0.410. The van der Waals surface area contributed by atoms with Crippen molar-refractivity contribution in [2.45, 2.75) is 6.92 Å². The highest BCUT2D eigenvalue weighted by Crippen LogP contribution is 2.23. The van der Waals surface area contributed by atoms with Crippen LogP contribution in [0.3, 0.4) is 0 Å². The van der Waals surface area contributed by atoms with E-state index in [1.54, 1.807) is 18.2 Å². The lowest BCUT2D eigenvalue weighted by atomic mass is 10.1. The molecule has 7 nitrogen and oxygen atoms in total. The number of rotatable bonds is 4. The van der Waals surface area contributed by atoms with E-state index in [-0.39, 0.29) is 11.4 Å². The molecule has 3 aromatic heterocycles. The Bertz CT molecular complexity index is 1230. The predicted octanol–water partition coefficient (Wildman–Crippen LogP) is 3.85. The Morgan fingerprint density at radius 1 is 1.29 bits per heavy atom. The number of hydrogen-bond acceptors (Lipinski definition) is 5. The number of anilines is 1. The second-order valence-corrected chi connectivity index (χ2v) is 6.08. The van der Waals surface area contributed by atoms with Crippen molar-refractivity contribution in [3.63, 3.8) is 0 Å². The summed E-state index contributed by atoms with van der Waals surface area (Å²) in [5, 5.41) is 17.4. The molecule has 1 aromatic carbocycles. The molecule has 0 bridgehead atoms. The van der Waals surface area contributed by atoms with Gasteiger partial charge >= 0.3 is 0 Å². The molecule has 7 heteroatoms. The van der Waals surface area contributed by atoms with Crippen molar-refractivity contribution >= 4 is 28.7 Å². The maximum atomic E-state index is 12.3. The molecule has 0 aliphatic rings. The second-order valence-electron chi connectivity index (χ2n) is 6.08. The number of furan rings is 1. The fraction of sp³-hybridized carbons (Fsp3) is 0.0476. The number of nitrogens with one attached hydrogen (secondary N) is 1. The van der Waals surface area contributed by atoms with Gasteiger partial charge in [0.05, 0.1) is 18.0 Å². The van der Waals surface area contributed by atoms with Gasteiger partial charge in [-0.15, -0.1) is 0 Å². The van der Waals surface area contributed by atoms with Crippen molar-refractivity contribution in [2.24, 2.45) is 0 Å². The van der Waals surface area contributed by atoms with Gasteiger partial charge < -0.3 is 9.73 Å². The quantitative estimate of drug-likeness (QED) is 0.551. The fourth-order valence-electron chi connectivity index (χ4n) is 2.87. The summed E-state index contributed by atoms with van der Waals surface area (Å²) in [6.07, 6.45) is 5.79. The Morgan fingerprint density at radius 2 is 2.14 bits per heavy atom. The van der Waals surface area contributed by atoms with Crippen LogP contribution in [0.2, 0.25) is 0 Å². The van der Waals surface area contributed by atoms with Crippen LogP contribution in [0.5, 0.6) is 0 Å². The van der Waals surface area contributed by atoms with Crippen LogP contribution in [-0.4, -0.2) is 20.7 Å². The maximum Gasteiger partial charge on any atom is 0.249 e. The van der Waals surface area contributed by atoms with Crippen LogP contribution in [-0.2, 0) is 4.79 Å². The van der Waals surface area contributed by atoms with Gasteiger partial charge in [-0.2, -0.15) is 15.0 Å². The molecule has 28 heavy (non-hydrogen) atoms. The van der Waals surface area contributed by atoms with Gasteiger partial charge in [-0.1, -0.05) is 18.2 Å². The lowest BCUT2D eigenvalue weighted by molar-refractivity contribution is -0.111. The summed E-state index contributed by atoms with van der Waals surface area (Å²) < 4.78 is 6.62. The molecule has 136 valence electrons. The molecule has 4 aromatic rings. The van der Waals surface area contributed by atoms with E-state index < -0.39 is 5.91 Å². The topological polar surface area (TPSA) is 96.7 Å². The van der Waals surface area contributed by atoms with Crippen molar-refractivity contribution in [2.75, 3.05) is 5.32 Å². The van der Waals surface area contributed by atoms with Crippen molar-refractivity contribution in [1.82, 2.24) is 14.8 Å². The first-order valence-electron chi connectivity index (χ1n) is 8.53. The largest absolute Gasteiger partial charge is 0.465 e. The standard InChI is InChI=1S/C21H15N5O2/c1-14-11-19(24-18-7-3-2-6-17(14)18)26-21(15(12-22)13-23-26)25-20(27)9-8-16-5-4-10-28-16/h2-11,13H,1H3,(H,25,27)/b9-8+. The van der Waals surface area contributed by atoms with Crippen molar-refractivity contribution < 1.29 is 9.21 Å². The summed E-state index contributed by atoms with van der Waals surface area (Å²) in [6.45, 7) is 1.98. The van der Waals surface area contributed by atoms with E-state index in [1.807, 2.05) is 43.3 Å². The number of carbonyl (C=O) groups excluding carboxylic acids is 1. The molecule has 1 N–H and O–H groups in total. The number of nitriles is 1. The molecule has 0 aliphatic carbocycles. The van der Waals surface area contributed by atoms with Gasteiger partial charge in [0.25, 0.3) is 0 Å². The van der Waals surface area contributed by atoms with Crippen LogP contribution in [0, 0.1) is 18.3 Å². The number of para-hydroxylation sites is 1. The van der Waals surface area contributed by atoms with Crippen molar-refractivity contribution in [3.05, 3.63) is 77.9 Å². The number of aryl methyl sites for hydroxylation is 1. The van der Waals surface area contributed by atoms with Crippen molar-refractivity contribution in [1.29, 1.82) is 5.26 Å². The molecule has 0 saturated heterocycles. The Morgan fingerprint density at radius 3 is 2.93 bits per heavy atom. The minimum Gasteiger partial charge on any atom is -0.465 e. The number of nitrogens with zero attached hydrogens (tertiary/aromatic N) is 4. The minimum absolute atomic E-state index is 0.243. The number of fused-ring (bicyclic) bond motifs is 1. The number of carbonyl (C=O) groups is 1. The third-order valence-electron chi connectivity index (χ3n) is 4.20. The van der Waals surface area contributed by atoms with E-state index in [2.05, 4.69) is 15.4 Å². The highest BCUT2D eigenvalue weighted by atomic mass is 16.3. The Kier molecular flexibility index (Phi) is 4.44. The van der Waals surface area contributed by atoms with Gasteiger partial charge in [0.1, 0.15) is 17.4 Å². The van der Waals surface area contributed by atoms with E-state index >= 15 is 0 Å². The normalized spacial score (nSPS) is 11.0. The van der Waals surface area contributed by atoms with E-state index in [1.165, 1.54) is 23.2 Å². The molecule has 0 unspecified atom stereocenters. The SMILES string of the molecule is Cc1cc(-n2ncc(C#N)c2NC(=O)/C=C/c2ccco2)nc2ccccc12. The lowest BCUT2D eigenvalue weighted by Gasteiger charge is -2.10. The van der Waals surface area contributed by atoms with Gasteiger partial charge in [0.15, 0.2) is 11.6 Å². The molecule has 0 radical (unpaired) electrons. The summed E-state index contributed by atoms with van der Waals surface area (Å²) >= 11 is 0. The van der Waals surface area contributed by atoms with Gasteiger partial charge in [-0.25, -0.2) is 4.98 Å². The Balaban J connectivity index is 1.71. The summed E-state index contributed by atoms with van der Waals surface area (Å²) in [5.74, 6) is 0.921. The van der Waals surface area contributed by atoms with Crippen LogP contribution < -0.4 is 5.32 Å². The first-order valence-corrected chi connectivity index (χ1v) is 8.53. The van der Waals surface area contributed by atoms with Crippen LogP contribution in [0.15, 0.2) is 65.4 Å². The summed E-state index contributed by atoms with van der Waals surface area (Å²) in [4.78, 5) is 16.9. The summed E-state index contributed by atoms with van der Waals surface area (Å²) in [6, 6.07) is 15.1. The number of amides is 1. The number of benzene rings is 1. The zero-order valence-corrected chi connectivity index (χ0v) is 15.0. The summed E-state index contributed by atoms with van der Waals surface area (Å²) in [5.41, 5.74) is 2.07. The number of hydrogen-bond donors (Lipinski definition) is 1. The van der Waals surface area contributed by atoms with Gasteiger partial charge in [0.2, 0.25) is 5.91 Å². The smallest absolute Gasteiger partial charge is 0.249 e. The fourth-order valence-corrected chi connectivity index (χ4v) is 2.87. The summed E-state index contributed by atoms with van der Waals surface area (Å²) in [7, 11) is 0. The highest BCUT2D eigenvalue weighted by molar-refractivity contribution is 6.02. The van der Waals surface area contributed by atoms with Crippen molar-refractivity contribution in [3.8, 4) is 11.9 Å². The van der Waals surface area contributed by atoms with Crippen LogP contribution in [0.1, 0.15) is 16.9 Å². The van der Waals surface area contributed by atoms with Crippen LogP contribution >= 0.6 is 0 Å². The lowest BCUT2D eigenvalue weighted by Crippen LogP contribution is -2.14. The van der Waals surface area contributed by atoms with Gasteiger partial charge in [-0.05, 0) is 42.8 Å². The van der Waals surface area contributed by atoms with E-state index in [0.717, 1.165) is 16.5 Å². The molecule has 0 atom stereocenters. The monoisotopic (exact) mass is 369 g/mol. The van der Waals surface area contributed by atoms with Crippen LogP contribution in [0.4, 0.5) is 5.82 Å². The number of pyridine rings is 1. The molecule has 4 rings (SSSR count). The first-order chi connectivity index (χ1) is 13.7. The molecule has 0 fully saturated rings. The van der Waals surface area contributed by atoms with E-state index in [4.69, 9.17) is 4.42 Å². The third kappa shape index (κ3) is 3.27. The zero-order chi connectivity index (χ0) is 19.5. The average molecular weight is 369 g/mol. The third-order valence-corrected chi connectivity index (χ3v) is 4.20. The molecular formula is C21H15N5O2. The highest BCUT2D eigenvalue weighted by Gasteiger charge is 2.16. The Labute approximate surface area is 160 Å². The first kappa shape index (κ1) is 17.2. The predicted molar refractivity (Wildman–Crippen MR) is 105 cm³/mol.